The Morgan fingerprint density at radius 1 is 1.30 bits per heavy atom. The van der Waals surface area contributed by atoms with Crippen LogP contribution in [0.25, 0.3) is 10.8 Å². The summed E-state index contributed by atoms with van der Waals surface area (Å²) in [6, 6.07) is 10.7. The Balaban J connectivity index is 2.53. The Morgan fingerprint density at radius 3 is 2.70 bits per heavy atom. The van der Waals surface area contributed by atoms with E-state index in [1.54, 1.807) is 7.11 Å². The molecule has 0 unspecified atom stereocenters. The molecule has 0 fully saturated rings. The number of fused-ring (bicyclic) bond motifs is 1. The number of benzene rings is 1. The third kappa shape index (κ3) is 3.08. The molecule has 0 amide bonds. The van der Waals surface area contributed by atoms with E-state index in [1.165, 1.54) is 5.39 Å². The Kier molecular flexibility index (Phi) is 4.93. The zero-order valence-electron chi connectivity index (χ0n) is 12.5. The summed E-state index contributed by atoms with van der Waals surface area (Å²) in [5.74, 6) is 0.996. The molecule has 0 aliphatic carbocycles. The molecule has 0 aliphatic heterocycles. The molecular formula is C16H23N3O. The fourth-order valence-electron chi connectivity index (χ4n) is 2.36. The lowest BCUT2D eigenvalue weighted by Gasteiger charge is -2.29. The second-order valence-corrected chi connectivity index (χ2v) is 5.14. The Bertz CT molecular complexity index is 569. The van der Waals surface area contributed by atoms with Crippen LogP contribution in [-0.2, 0) is 11.3 Å². The van der Waals surface area contributed by atoms with E-state index < -0.39 is 0 Å². The molecule has 1 heterocycles. The van der Waals surface area contributed by atoms with Gasteiger partial charge in [-0.1, -0.05) is 24.3 Å². The van der Waals surface area contributed by atoms with Gasteiger partial charge in [-0.15, -0.1) is 0 Å². The van der Waals surface area contributed by atoms with Crippen molar-refractivity contribution in [3.8, 4) is 0 Å². The van der Waals surface area contributed by atoms with Crippen molar-refractivity contribution in [2.45, 2.75) is 26.4 Å². The molecule has 0 radical (unpaired) electrons. The minimum Gasteiger partial charge on any atom is -0.383 e. The lowest BCUT2D eigenvalue weighted by molar-refractivity contribution is 0.203. The van der Waals surface area contributed by atoms with Crippen LogP contribution < -0.4 is 10.6 Å². The number of anilines is 1. The summed E-state index contributed by atoms with van der Waals surface area (Å²) < 4.78 is 5.22. The Morgan fingerprint density at radius 2 is 2.05 bits per heavy atom. The molecule has 0 spiro atoms. The summed E-state index contributed by atoms with van der Waals surface area (Å²) in [6.07, 6.45) is 0. The second kappa shape index (κ2) is 6.68. The molecule has 108 valence electrons. The van der Waals surface area contributed by atoms with E-state index in [1.807, 2.05) is 12.1 Å². The van der Waals surface area contributed by atoms with Crippen molar-refractivity contribution >= 4 is 16.6 Å². The highest BCUT2D eigenvalue weighted by Gasteiger charge is 2.15. The number of methoxy groups -OCH3 is 1. The molecule has 2 aromatic rings. The first-order valence-corrected chi connectivity index (χ1v) is 7.01. The first kappa shape index (κ1) is 14.8. The highest BCUT2D eigenvalue weighted by atomic mass is 16.5. The lowest BCUT2D eigenvalue weighted by Crippen LogP contribution is -2.35. The van der Waals surface area contributed by atoms with Gasteiger partial charge in [0.05, 0.1) is 12.3 Å². The van der Waals surface area contributed by atoms with Gasteiger partial charge in [0.1, 0.15) is 5.82 Å². The van der Waals surface area contributed by atoms with Crippen molar-refractivity contribution in [3.63, 3.8) is 0 Å². The highest BCUT2D eigenvalue weighted by Crippen LogP contribution is 2.27. The summed E-state index contributed by atoms with van der Waals surface area (Å²) in [7, 11) is 1.72. The standard InChI is InChI=1S/C16H23N3O/c1-12(2)19(8-9-20-3)16-15-7-5-4-6-13(15)10-14(11-17)18-16/h4-7,10,12H,8-9,11,17H2,1-3H3. The minimum absolute atomic E-state index is 0.356. The maximum Gasteiger partial charge on any atom is 0.137 e. The van der Waals surface area contributed by atoms with E-state index in [0.717, 1.165) is 23.4 Å². The summed E-state index contributed by atoms with van der Waals surface area (Å²) >= 11 is 0. The number of hydrogen-bond acceptors (Lipinski definition) is 4. The van der Waals surface area contributed by atoms with Gasteiger partial charge in [0.2, 0.25) is 0 Å². The van der Waals surface area contributed by atoms with Crippen molar-refractivity contribution in [2.75, 3.05) is 25.2 Å². The third-order valence-electron chi connectivity index (χ3n) is 3.41. The van der Waals surface area contributed by atoms with Crippen molar-refractivity contribution in [1.29, 1.82) is 0 Å². The van der Waals surface area contributed by atoms with Crippen LogP contribution in [-0.4, -0.2) is 31.3 Å². The van der Waals surface area contributed by atoms with Gasteiger partial charge in [0, 0.05) is 31.6 Å². The van der Waals surface area contributed by atoms with Gasteiger partial charge in [0.25, 0.3) is 0 Å². The molecule has 2 N–H and O–H groups in total. The SMILES string of the molecule is COCCN(c1nc(CN)cc2ccccc12)C(C)C. The monoisotopic (exact) mass is 273 g/mol. The summed E-state index contributed by atoms with van der Waals surface area (Å²) in [4.78, 5) is 7.01. The van der Waals surface area contributed by atoms with Crippen molar-refractivity contribution in [1.82, 2.24) is 4.98 Å². The number of ether oxygens (including phenoxy) is 1. The van der Waals surface area contributed by atoms with Gasteiger partial charge in [-0.05, 0) is 25.3 Å². The predicted molar refractivity (Wildman–Crippen MR) is 84.0 cm³/mol. The van der Waals surface area contributed by atoms with Crippen LogP contribution in [0.4, 0.5) is 5.82 Å². The van der Waals surface area contributed by atoms with Crippen molar-refractivity contribution in [3.05, 3.63) is 36.0 Å². The molecule has 4 heteroatoms. The zero-order valence-corrected chi connectivity index (χ0v) is 12.5. The zero-order chi connectivity index (χ0) is 14.5. The van der Waals surface area contributed by atoms with E-state index in [4.69, 9.17) is 15.5 Å². The molecule has 2 rings (SSSR count). The molecule has 1 aromatic heterocycles. The minimum atomic E-state index is 0.356. The summed E-state index contributed by atoms with van der Waals surface area (Å²) in [6.45, 7) is 6.29. The van der Waals surface area contributed by atoms with Crippen LogP contribution >= 0.6 is 0 Å². The molecule has 20 heavy (non-hydrogen) atoms. The number of pyridine rings is 1. The van der Waals surface area contributed by atoms with Crippen LogP contribution in [0, 0.1) is 0 Å². The third-order valence-corrected chi connectivity index (χ3v) is 3.41. The number of rotatable bonds is 6. The van der Waals surface area contributed by atoms with Gasteiger partial charge in [-0.25, -0.2) is 4.98 Å². The van der Waals surface area contributed by atoms with E-state index in [9.17, 15) is 0 Å². The largest absolute Gasteiger partial charge is 0.383 e. The smallest absolute Gasteiger partial charge is 0.137 e. The number of hydrogen-bond donors (Lipinski definition) is 1. The van der Waals surface area contributed by atoms with E-state index >= 15 is 0 Å². The lowest BCUT2D eigenvalue weighted by atomic mass is 10.1. The second-order valence-electron chi connectivity index (χ2n) is 5.14. The van der Waals surface area contributed by atoms with E-state index in [2.05, 4.69) is 36.9 Å². The van der Waals surface area contributed by atoms with Crippen LogP contribution in [0.15, 0.2) is 30.3 Å². The Hall–Kier alpha value is -1.65. The number of nitrogens with zero attached hydrogens (tertiary/aromatic N) is 2. The van der Waals surface area contributed by atoms with E-state index in [-0.39, 0.29) is 0 Å². The molecule has 0 bridgehead atoms. The van der Waals surface area contributed by atoms with Crippen LogP contribution in [0.3, 0.4) is 0 Å². The predicted octanol–water partition coefficient (Wildman–Crippen LogP) is 2.55. The average molecular weight is 273 g/mol. The normalized spacial score (nSPS) is 11.2. The highest BCUT2D eigenvalue weighted by molar-refractivity contribution is 5.92. The molecule has 0 aliphatic rings. The van der Waals surface area contributed by atoms with Gasteiger partial charge in [-0.2, -0.15) is 0 Å². The van der Waals surface area contributed by atoms with Crippen LogP contribution in [0.2, 0.25) is 0 Å². The fraction of sp³-hybridized carbons (Fsp3) is 0.438. The molecule has 0 saturated carbocycles. The summed E-state index contributed by atoms with van der Waals surface area (Å²) in [5.41, 5.74) is 6.70. The first-order chi connectivity index (χ1) is 9.67. The van der Waals surface area contributed by atoms with E-state index in [0.29, 0.717) is 19.2 Å². The Labute approximate surface area is 120 Å². The van der Waals surface area contributed by atoms with Crippen molar-refractivity contribution < 1.29 is 4.74 Å². The molecule has 0 atom stereocenters. The van der Waals surface area contributed by atoms with Crippen molar-refractivity contribution in [2.24, 2.45) is 5.73 Å². The fourth-order valence-corrected chi connectivity index (χ4v) is 2.36. The van der Waals surface area contributed by atoms with Gasteiger partial charge < -0.3 is 15.4 Å². The summed E-state index contributed by atoms with van der Waals surface area (Å²) in [5, 5.41) is 2.34. The maximum atomic E-state index is 5.78. The molecular weight excluding hydrogens is 250 g/mol. The van der Waals surface area contributed by atoms with Gasteiger partial charge in [0.15, 0.2) is 0 Å². The van der Waals surface area contributed by atoms with Crippen LogP contribution in [0.1, 0.15) is 19.5 Å². The molecule has 1 aromatic carbocycles. The topological polar surface area (TPSA) is 51.4 Å². The van der Waals surface area contributed by atoms with Gasteiger partial charge in [-0.3, -0.25) is 0 Å². The first-order valence-electron chi connectivity index (χ1n) is 7.01. The number of aromatic nitrogens is 1. The van der Waals surface area contributed by atoms with Gasteiger partial charge >= 0.3 is 0 Å². The van der Waals surface area contributed by atoms with Crippen LogP contribution in [0.5, 0.6) is 0 Å². The molecule has 4 nitrogen and oxygen atoms in total. The average Bonchev–Trinajstić information content (AvgIpc) is 2.46. The number of nitrogens with two attached hydrogens (primary N) is 1. The molecule has 0 saturated heterocycles. The quantitative estimate of drug-likeness (QED) is 0.879. The maximum absolute atomic E-state index is 5.78.